The van der Waals surface area contributed by atoms with E-state index in [1.807, 2.05) is 25.1 Å². The summed E-state index contributed by atoms with van der Waals surface area (Å²) in [6.07, 6.45) is 2.98. The summed E-state index contributed by atoms with van der Waals surface area (Å²) in [6, 6.07) is 7.31. The lowest BCUT2D eigenvalue weighted by Crippen LogP contribution is -2.41. The summed E-state index contributed by atoms with van der Waals surface area (Å²) in [5, 5.41) is 2.78. The Balaban J connectivity index is 1.88. The summed E-state index contributed by atoms with van der Waals surface area (Å²) >= 11 is 0. The van der Waals surface area contributed by atoms with E-state index in [0.717, 1.165) is 18.4 Å². The number of rotatable bonds is 7. The fraction of sp³-hybridized carbons (Fsp3) is 0.562. The zero-order chi connectivity index (χ0) is 16.9. The molecule has 0 radical (unpaired) electrons. The number of sulfonamides is 1. The van der Waals surface area contributed by atoms with Crippen molar-refractivity contribution >= 4 is 15.9 Å². The van der Waals surface area contributed by atoms with Crippen LogP contribution in [0.25, 0.3) is 0 Å². The van der Waals surface area contributed by atoms with Crippen LogP contribution in [0, 0.1) is 6.92 Å². The maximum Gasteiger partial charge on any atom is 0.251 e. The number of amides is 1. The first-order valence-electron chi connectivity index (χ1n) is 7.78. The van der Waals surface area contributed by atoms with Gasteiger partial charge in [0.05, 0.1) is 12.4 Å². The maximum atomic E-state index is 12.1. The zero-order valence-electron chi connectivity index (χ0n) is 13.6. The normalized spacial score (nSPS) is 18.3. The van der Waals surface area contributed by atoms with E-state index in [4.69, 9.17) is 4.74 Å². The van der Waals surface area contributed by atoms with Gasteiger partial charge >= 0.3 is 0 Å². The third-order valence-electron chi connectivity index (χ3n) is 3.94. The van der Waals surface area contributed by atoms with E-state index in [-0.39, 0.29) is 25.1 Å². The Hall–Kier alpha value is -1.44. The summed E-state index contributed by atoms with van der Waals surface area (Å²) < 4.78 is 30.6. The average Bonchev–Trinajstić information content (AvgIpc) is 2.98. The Morgan fingerprint density at radius 2 is 2.13 bits per heavy atom. The Kier molecular flexibility index (Phi) is 6.15. The third-order valence-corrected chi connectivity index (χ3v) is 5.21. The van der Waals surface area contributed by atoms with Gasteiger partial charge in [-0.25, -0.2) is 8.42 Å². The highest BCUT2D eigenvalue weighted by Gasteiger charge is 2.24. The number of carbonyl (C=O) groups excluding carboxylic acids is 1. The first kappa shape index (κ1) is 17.9. The van der Waals surface area contributed by atoms with Gasteiger partial charge in [0.25, 0.3) is 5.91 Å². The van der Waals surface area contributed by atoms with Crippen molar-refractivity contribution in [2.45, 2.75) is 25.9 Å². The van der Waals surface area contributed by atoms with Crippen molar-refractivity contribution < 1.29 is 17.9 Å². The largest absolute Gasteiger partial charge is 0.377 e. The minimum absolute atomic E-state index is 0.0446. The zero-order valence-corrected chi connectivity index (χ0v) is 14.4. The molecule has 0 aromatic heterocycles. The first-order valence-corrected chi connectivity index (χ1v) is 9.63. The summed E-state index contributed by atoms with van der Waals surface area (Å²) in [6.45, 7) is 3.42. The number of hydrogen-bond acceptors (Lipinski definition) is 4. The van der Waals surface area contributed by atoms with Gasteiger partial charge < -0.3 is 10.1 Å². The smallest absolute Gasteiger partial charge is 0.251 e. The number of hydrogen-bond donors (Lipinski definition) is 1. The molecule has 1 fully saturated rings. The lowest BCUT2D eigenvalue weighted by molar-refractivity contribution is 0.0910. The van der Waals surface area contributed by atoms with Crippen molar-refractivity contribution in [3.63, 3.8) is 0 Å². The lowest BCUT2D eigenvalue weighted by Gasteiger charge is -2.23. The van der Waals surface area contributed by atoms with Gasteiger partial charge in [0.15, 0.2) is 0 Å². The highest BCUT2D eigenvalue weighted by atomic mass is 32.2. The van der Waals surface area contributed by atoms with Crippen LogP contribution in [0.4, 0.5) is 0 Å². The molecular weight excluding hydrogens is 316 g/mol. The minimum Gasteiger partial charge on any atom is -0.377 e. The maximum absolute atomic E-state index is 12.1. The van der Waals surface area contributed by atoms with Crippen molar-refractivity contribution in [2.24, 2.45) is 0 Å². The van der Waals surface area contributed by atoms with Crippen LogP contribution in [0.15, 0.2) is 24.3 Å². The second kappa shape index (κ2) is 7.90. The van der Waals surface area contributed by atoms with Gasteiger partial charge in [-0.2, -0.15) is 4.31 Å². The number of carbonyl (C=O) groups is 1. The molecule has 1 heterocycles. The standard InChI is InChI=1S/C16H24N2O4S/c1-13-6-3-4-8-15(13)16(19)17-9-10-18(23(2,20)21)12-14-7-5-11-22-14/h3-4,6,8,14H,5,7,9-12H2,1-2H3,(H,17,19). The predicted molar refractivity (Wildman–Crippen MR) is 88.9 cm³/mol. The molecular formula is C16H24N2O4S. The van der Waals surface area contributed by atoms with Crippen LogP contribution in [0.5, 0.6) is 0 Å². The van der Waals surface area contributed by atoms with Crippen LogP contribution in [-0.2, 0) is 14.8 Å². The molecule has 1 N–H and O–H groups in total. The van der Waals surface area contributed by atoms with E-state index >= 15 is 0 Å². The molecule has 1 aromatic rings. The summed E-state index contributed by atoms with van der Waals surface area (Å²) in [5.74, 6) is -0.186. The van der Waals surface area contributed by atoms with Gasteiger partial charge in [-0.1, -0.05) is 18.2 Å². The van der Waals surface area contributed by atoms with Crippen LogP contribution >= 0.6 is 0 Å². The van der Waals surface area contributed by atoms with Crippen LogP contribution in [-0.4, -0.2) is 57.2 Å². The number of nitrogens with zero attached hydrogens (tertiary/aromatic N) is 1. The second-order valence-electron chi connectivity index (χ2n) is 5.83. The molecule has 2 rings (SSSR count). The van der Waals surface area contributed by atoms with E-state index in [9.17, 15) is 13.2 Å². The molecule has 23 heavy (non-hydrogen) atoms. The van der Waals surface area contributed by atoms with Gasteiger partial charge in [0, 0.05) is 31.8 Å². The molecule has 0 spiro atoms. The Labute approximate surface area is 137 Å². The monoisotopic (exact) mass is 340 g/mol. The second-order valence-corrected chi connectivity index (χ2v) is 7.81. The molecule has 0 saturated carbocycles. The van der Waals surface area contributed by atoms with Crippen molar-refractivity contribution in [2.75, 3.05) is 32.5 Å². The first-order chi connectivity index (χ1) is 10.9. The summed E-state index contributed by atoms with van der Waals surface area (Å²) in [7, 11) is -3.32. The number of nitrogens with one attached hydrogen (secondary N) is 1. The van der Waals surface area contributed by atoms with E-state index in [1.54, 1.807) is 6.07 Å². The molecule has 0 bridgehead atoms. The number of benzene rings is 1. The molecule has 1 aliphatic rings. The van der Waals surface area contributed by atoms with Gasteiger partial charge in [0.1, 0.15) is 0 Å². The molecule has 1 amide bonds. The van der Waals surface area contributed by atoms with Crippen molar-refractivity contribution in [3.8, 4) is 0 Å². The number of aryl methyl sites for hydroxylation is 1. The molecule has 1 aliphatic heterocycles. The molecule has 1 unspecified atom stereocenters. The molecule has 128 valence electrons. The lowest BCUT2D eigenvalue weighted by atomic mass is 10.1. The van der Waals surface area contributed by atoms with E-state index < -0.39 is 10.0 Å². The quantitative estimate of drug-likeness (QED) is 0.808. The molecule has 0 aliphatic carbocycles. The highest BCUT2D eigenvalue weighted by molar-refractivity contribution is 7.88. The molecule has 1 saturated heterocycles. The third kappa shape index (κ3) is 5.30. The van der Waals surface area contributed by atoms with Crippen molar-refractivity contribution in [3.05, 3.63) is 35.4 Å². The van der Waals surface area contributed by atoms with E-state index in [2.05, 4.69) is 5.32 Å². The molecule has 7 heteroatoms. The SMILES string of the molecule is Cc1ccccc1C(=O)NCCN(CC1CCCO1)S(C)(=O)=O. The summed E-state index contributed by atoms with van der Waals surface area (Å²) in [4.78, 5) is 12.1. The molecule has 6 nitrogen and oxygen atoms in total. The van der Waals surface area contributed by atoms with Gasteiger partial charge in [-0.15, -0.1) is 0 Å². The van der Waals surface area contributed by atoms with E-state index in [0.29, 0.717) is 18.7 Å². The summed E-state index contributed by atoms with van der Waals surface area (Å²) in [5.41, 5.74) is 1.50. The van der Waals surface area contributed by atoms with Crippen molar-refractivity contribution in [1.29, 1.82) is 0 Å². The molecule has 1 aromatic carbocycles. The topological polar surface area (TPSA) is 75.7 Å². The minimum atomic E-state index is -3.32. The van der Waals surface area contributed by atoms with Crippen LogP contribution in [0.1, 0.15) is 28.8 Å². The van der Waals surface area contributed by atoms with Crippen LogP contribution in [0.2, 0.25) is 0 Å². The highest BCUT2D eigenvalue weighted by Crippen LogP contribution is 2.14. The fourth-order valence-corrected chi connectivity index (χ4v) is 3.48. The van der Waals surface area contributed by atoms with Gasteiger partial charge in [0.2, 0.25) is 10.0 Å². The average molecular weight is 340 g/mol. The Morgan fingerprint density at radius 3 is 2.74 bits per heavy atom. The van der Waals surface area contributed by atoms with Crippen molar-refractivity contribution in [1.82, 2.24) is 9.62 Å². The van der Waals surface area contributed by atoms with Gasteiger partial charge in [-0.05, 0) is 31.4 Å². The predicted octanol–water partition coefficient (Wildman–Crippen LogP) is 1.17. The van der Waals surface area contributed by atoms with Crippen LogP contribution < -0.4 is 5.32 Å². The molecule has 1 atom stereocenters. The van der Waals surface area contributed by atoms with E-state index in [1.165, 1.54) is 10.6 Å². The Morgan fingerprint density at radius 1 is 1.39 bits per heavy atom. The fourth-order valence-electron chi connectivity index (χ4n) is 2.62. The number of ether oxygens (including phenoxy) is 1. The Bertz CT molecular complexity index is 639. The van der Waals surface area contributed by atoms with Crippen LogP contribution in [0.3, 0.4) is 0 Å². The van der Waals surface area contributed by atoms with Gasteiger partial charge in [-0.3, -0.25) is 4.79 Å².